The summed E-state index contributed by atoms with van der Waals surface area (Å²) in [7, 11) is 5.17. The lowest BCUT2D eigenvalue weighted by atomic mass is 9.71. The van der Waals surface area contributed by atoms with Crippen LogP contribution in [0.5, 0.6) is 0 Å². The summed E-state index contributed by atoms with van der Waals surface area (Å²) in [5.74, 6) is 1.43. The van der Waals surface area contributed by atoms with E-state index >= 15 is 0 Å². The van der Waals surface area contributed by atoms with Gasteiger partial charge in [0, 0.05) is 34.3 Å². The van der Waals surface area contributed by atoms with Crippen molar-refractivity contribution in [3.63, 3.8) is 0 Å². The van der Waals surface area contributed by atoms with Gasteiger partial charge in [0.2, 0.25) is 5.91 Å². The Morgan fingerprint density at radius 1 is 1.20 bits per heavy atom. The van der Waals surface area contributed by atoms with Gasteiger partial charge in [0.15, 0.2) is 5.96 Å². The van der Waals surface area contributed by atoms with Crippen molar-refractivity contribution in [3.8, 4) is 0 Å². The number of halogens is 1. The Bertz CT molecular complexity index is 408. The molecule has 7 heteroatoms. The van der Waals surface area contributed by atoms with Gasteiger partial charge in [-0.1, -0.05) is 33.1 Å². The molecule has 0 bridgehead atoms. The van der Waals surface area contributed by atoms with Crippen LogP contribution >= 0.6 is 24.0 Å². The lowest BCUT2D eigenvalue weighted by molar-refractivity contribution is -0.127. The van der Waals surface area contributed by atoms with Crippen LogP contribution in [-0.4, -0.2) is 64.2 Å². The lowest BCUT2D eigenvalue weighted by Gasteiger charge is -2.37. The van der Waals surface area contributed by atoms with E-state index in [0.29, 0.717) is 19.1 Å². The lowest BCUT2D eigenvalue weighted by Crippen LogP contribution is -2.45. The molecule has 0 heterocycles. The molecular formula is C18H37IN4O2. The van der Waals surface area contributed by atoms with Gasteiger partial charge in [0.05, 0.1) is 6.61 Å². The molecule has 0 radical (unpaired) electrons. The van der Waals surface area contributed by atoms with Crippen LogP contribution in [0.4, 0.5) is 0 Å². The van der Waals surface area contributed by atoms with Crippen molar-refractivity contribution in [2.24, 2.45) is 16.3 Å². The number of carbonyl (C=O) groups excluding carboxylic acids is 1. The van der Waals surface area contributed by atoms with E-state index in [2.05, 4.69) is 29.5 Å². The van der Waals surface area contributed by atoms with Crippen molar-refractivity contribution >= 4 is 35.8 Å². The van der Waals surface area contributed by atoms with E-state index in [0.717, 1.165) is 12.5 Å². The van der Waals surface area contributed by atoms with Crippen molar-refractivity contribution in [1.82, 2.24) is 15.5 Å². The average molecular weight is 468 g/mol. The molecule has 1 saturated carbocycles. The second-order valence-corrected chi connectivity index (χ2v) is 7.55. The number of nitrogens with zero attached hydrogens (tertiary/aromatic N) is 2. The Balaban J connectivity index is 0.00000576. The second-order valence-electron chi connectivity index (χ2n) is 7.55. The first-order chi connectivity index (χ1) is 11.4. The number of carbonyl (C=O) groups is 1. The fourth-order valence-corrected chi connectivity index (χ4v) is 3.07. The fraction of sp³-hybridized carbons (Fsp3) is 0.889. The molecule has 2 N–H and O–H groups in total. The zero-order valence-electron chi connectivity index (χ0n) is 16.6. The number of ether oxygens (including phenoxy) is 1. The molecule has 0 aromatic heterocycles. The third-order valence-corrected chi connectivity index (χ3v) is 4.89. The first-order valence-electron chi connectivity index (χ1n) is 9.08. The predicted molar refractivity (Wildman–Crippen MR) is 115 cm³/mol. The summed E-state index contributed by atoms with van der Waals surface area (Å²) in [5.41, 5.74) is 0.218. The summed E-state index contributed by atoms with van der Waals surface area (Å²) in [5, 5.41) is 6.66. The highest BCUT2D eigenvalue weighted by Gasteiger charge is 2.30. The summed E-state index contributed by atoms with van der Waals surface area (Å²) in [6, 6.07) is 0. The van der Waals surface area contributed by atoms with Crippen LogP contribution < -0.4 is 10.6 Å². The van der Waals surface area contributed by atoms with Crippen LogP contribution in [-0.2, 0) is 9.53 Å². The quantitative estimate of drug-likeness (QED) is 0.249. The molecule has 0 saturated heterocycles. The van der Waals surface area contributed by atoms with E-state index in [4.69, 9.17) is 4.74 Å². The number of nitrogens with one attached hydrogen (secondary N) is 2. The molecule has 1 aliphatic carbocycles. The average Bonchev–Trinajstić information content (AvgIpc) is 2.57. The Morgan fingerprint density at radius 2 is 1.84 bits per heavy atom. The predicted octanol–water partition coefficient (Wildman–Crippen LogP) is 2.48. The maximum absolute atomic E-state index is 11.8. The minimum absolute atomic E-state index is 0. The Hall–Kier alpha value is -0.570. The highest BCUT2D eigenvalue weighted by atomic mass is 127. The first-order valence-corrected chi connectivity index (χ1v) is 9.08. The van der Waals surface area contributed by atoms with Gasteiger partial charge in [0.25, 0.3) is 0 Å². The number of guanidine groups is 1. The molecule has 0 atom stereocenters. The highest BCUT2D eigenvalue weighted by Crippen LogP contribution is 2.37. The topological polar surface area (TPSA) is 66.0 Å². The number of aliphatic imine (C=N–C) groups is 1. The van der Waals surface area contributed by atoms with E-state index in [-0.39, 0.29) is 41.8 Å². The molecule has 1 aliphatic rings. The maximum atomic E-state index is 11.8. The third-order valence-electron chi connectivity index (χ3n) is 4.89. The van der Waals surface area contributed by atoms with E-state index in [1.807, 2.05) is 0 Å². The summed E-state index contributed by atoms with van der Waals surface area (Å²) >= 11 is 0. The molecular weight excluding hydrogens is 431 g/mol. The van der Waals surface area contributed by atoms with E-state index < -0.39 is 0 Å². The van der Waals surface area contributed by atoms with E-state index in [9.17, 15) is 4.79 Å². The van der Waals surface area contributed by atoms with Gasteiger partial charge in [-0.3, -0.25) is 4.79 Å². The molecule has 1 fully saturated rings. The third kappa shape index (κ3) is 9.63. The monoisotopic (exact) mass is 468 g/mol. The van der Waals surface area contributed by atoms with Crippen LogP contribution in [0.3, 0.4) is 0 Å². The molecule has 1 rings (SSSR count). The maximum Gasteiger partial charge on any atom is 0.243 e. The number of hydrogen-bond acceptors (Lipinski definition) is 3. The molecule has 0 aliphatic heterocycles. The van der Waals surface area contributed by atoms with Crippen LogP contribution in [0.2, 0.25) is 0 Å². The van der Waals surface area contributed by atoms with Crippen molar-refractivity contribution < 1.29 is 9.53 Å². The van der Waals surface area contributed by atoms with Crippen LogP contribution in [0.25, 0.3) is 0 Å². The Morgan fingerprint density at radius 3 is 2.40 bits per heavy atom. The molecule has 148 valence electrons. The van der Waals surface area contributed by atoms with Crippen LogP contribution in [0.1, 0.15) is 46.0 Å². The van der Waals surface area contributed by atoms with Crippen LogP contribution in [0, 0.1) is 11.3 Å². The van der Waals surface area contributed by atoms with Crippen molar-refractivity contribution in [1.29, 1.82) is 0 Å². The van der Waals surface area contributed by atoms with Gasteiger partial charge < -0.3 is 20.3 Å². The molecule has 0 aromatic carbocycles. The summed E-state index contributed by atoms with van der Waals surface area (Å²) < 4.78 is 5.08. The Kier molecular flexibility index (Phi) is 12.4. The number of likely N-dealkylation sites (N-methyl/N-ethyl adjacent to an activating group) is 1. The van der Waals surface area contributed by atoms with Gasteiger partial charge in [-0.15, -0.1) is 24.0 Å². The van der Waals surface area contributed by atoms with E-state index in [1.54, 1.807) is 26.1 Å². The Labute approximate surface area is 170 Å². The fourth-order valence-electron chi connectivity index (χ4n) is 3.07. The van der Waals surface area contributed by atoms with Gasteiger partial charge in [-0.2, -0.15) is 0 Å². The van der Waals surface area contributed by atoms with Gasteiger partial charge in [-0.05, 0) is 24.2 Å². The van der Waals surface area contributed by atoms with Gasteiger partial charge >= 0.3 is 0 Å². The SMILES string of the molecule is COCCNC(=NCC(=O)N(C)C)NCC(C)(C)C1CCCCC1.I. The molecule has 25 heavy (non-hydrogen) atoms. The molecule has 0 unspecified atom stereocenters. The minimum Gasteiger partial charge on any atom is -0.383 e. The molecule has 6 nitrogen and oxygen atoms in total. The van der Waals surface area contributed by atoms with Gasteiger partial charge in [-0.25, -0.2) is 4.99 Å². The molecule has 1 amide bonds. The summed E-state index contributed by atoms with van der Waals surface area (Å²) in [6.45, 7) is 6.93. The second kappa shape index (κ2) is 12.7. The smallest absolute Gasteiger partial charge is 0.243 e. The van der Waals surface area contributed by atoms with Crippen LogP contribution in [0.15, 0.2) is 4.99 Å². The number of rotatable bonds is 8. The summed E-state index contributed by atoms with van der Waals surface area (Å²) in [6.07, 6.45) is 6.70. The standard InChI is InChI=1S/C18H36N4O2.HI/c1-18(2,15-9-7-6-8-10-15)14-21-17(19-11-12-24-5)20-13-16(23)22(3)4;/h15H,6-14H2,1-5H3,(H2,19,20,21);1H. The van der Waals surface area contributed by atoms with Crippen molar-refractivity contribution in [3.05, 3.63) is 0 Å². The molecule has 0 spiro atoms. The summed E-state index contributed by atoms with van der Waals surface area (Å²) in [4.78, 5) is 17.7. The number of methoxy groups -OCH3 is 1. The van der Waals surface area contributed by atoms with Crippen molar-refractivity contribution in [2.75, 3.05) is 47.4 Å². The largest absolute Gasteiger partial charge is 0.383 e. The van der Waals surface area contributed by atoms with Gasteiger partial charge in [0.1, 0.15) is 6.54 Å². The minimum atomic E-state index is -0.00520. The van der Waals surface area contributed by atoms with Crippen molar-refractivity contribution in [2.45, 2.75) is 46.0 Å². The first kappa shape index (κ1) is 24.4. The van der Waals surface area contributed by atoms with E-state index in [1.165, 1.54) is 32.1 Å². The highest BCUT2D eigenvalue weighted by molar-refractivity contribution is 14.0. The molecule has 0 aromatic rings. The zero-order valence-corrected chi connectivity index (χ0v) is 18.9. The number of amides is 1. The normalized spacial score (nSPS) is 16.1. The number of hydrogen-bond donors (Lipinski definition) is 2. The zero-order chi connectivity index (χ0) is 18.0.